The molecule has 8 heteroatoms. The molecule has 0 spiro atoms. The third-order valence-electron chi connectivity index (χ3n) is 4.09. The van der Waals surface area contributed by atoms with Crippen LogP contribution in [0.1, 0.15) is 18.5 Å². The molecule has 0 unspecified atom stereocenters. The number of hydrogen-bond donors (Lipinski definition) is 1. The highest BCUT2D eigenvalue weighted by Gasteiger charge is 2.24. The van der Waals surface area contributed by atoms with E-state index in [2.05, 4.69) is 15.3 Å². The molecule has 3 rings (SSSR count). The predicted octanol–water partition coefficient (Wildman–Crippen LogP) is 2.09. The van der Waals surface area contributed by atoms with Crippen molar-refractivity contribution in [1.82, 2.24) is 20.2 Å². The Bertz CT molecular complexity index is 727. The van der Waals surface area contributed by atoms with Crippen LogP contribution >= 0.6 is 11.3 Å². The lowest BCUT2D eigenvalue weighted by Crippen LogP contribution is -2.46. The second kappa shape index (κ2) is 8.06. The maximum Gasteiger partial charge on any atom is 0.409 e. The Balaban J connectivity index is 1.49. The molecule has 2 aromatic heterocycles. The zero-order valence-corrected chi connectivity index (χ0v) is 14.8. The number of pyridine rings is 1. The van der Waals surface area contributed by atoms with E-state index in [-0.39, 0.29) is 24.5 Å². The Morgan fingerprint density at radius 3 is 2.88 bits per heavy atom. The van der Waals surface area contributed by atoms with E-state index in [1.807, 2.05) is 17.5 Å². The molecular formula is C17H20N4O3S. The van der Waals surface area contributed by atoms with E-state index in [0.717, 1.165) is 29.1 Å². The third-order valence-corrected chi connectivity index (χ3v) is 5.03. The quantitative estimate of drug-likeness (QED) is 0.902. The average molecular weight is 360 g/mol. The van der Waals surface area contributed by atoms with Crippen LogP contribution in [0.25, 0.3) is 10.6 Å². The van der Waals surface area contributed by atoms with Crippen LogP contribution in [0.4, 0.5) is 4.79 Å². The normalized spacial score (nSPS) is 15.0. The molecule has 1 fully saturated rings. The van der Waals surface area contributed by atoms with Crippen LogP contribution < -0.4 is 5.32 Å². The monoisotopic (exact) mass is 360 g/mol. The first-order valence-electron chi connectivity index (χ1n) is 8.13. The van der Waals surface area contributed by atoms with Crippen molar-refractivity contribution in [1.29, 1.82) is 0 Å². The van der Waals surface area contributed by atoms with Crippen molar-refractivity contribution < 1.29 is 14.3 Å². The first-order chi connectivity index (χ1) is 12.2. The molecule has 0 saturated carbocycles. The van der Waals surface area contributed by atoms with Gasteiger partial charge in [-0.05, 0) is 25.0 Å². The molecule has 1 saturated heterocycles. The molecule has 0 atom stereocenters. The Labute approximate surface area is 150 Å². The molecule has 0 aromatic carbocycles. The molecular weight excluding hydrogens is 340 g/mol. The number of thiazole rings is 1. The predicted molar refractivity (Wildman–Crippen MR) is 94.2 cm³/mol. The van der Waals surface area contributed by atoms with Gasteiger partial charge in [-0.25, -0.2) is 9.78 Å². The first kappa shape index (κ1) is 17.3. The summed E-state index contributed by atoms with van der Waals surface area (Å²) in [7, 11) is 1.38. The van der Waals surface area contributed by atoms with E-state index in [4.69, 9.17) is 4.74 Å². The summed E-state index contributed by atoms with van der Waals surface area (Å²) < 4.78 is 4.71. The minimum atomic E-state index is -0.310. The van der Waals surface area contributed by atoms with E-state index >= 15 is 0 Å². The lowest BCUT2D eigenvalue weighted by Gasteiger charge is -2.31. The second-order valence-electron chi connectivity index (χ2n) is 5.86. The summed E-state index contributed by atoms with van der Waals surface area (Å²) in [4.78, 5) is 33.9. The van der Waals surface area contributed by atoms with Gasteiger partial charge in [0.2, 0.25) is 5.91 Å². The Morgan fingerprint density at radius 2 is 2.20 bits per heavy atom. The number of nitrogens with zero attached hydrogens (tertiary/aromatic N) is 3. The van der Waals surface area contributed by atoms with Gasteiger partial charge in [0.25, 0.3) is 0 Å². The summed E-state index contributed by atoms with van der Waals surface area (Å²) in [5.41, 5.74) is 1.71. The van der Waals surface area contributed by atoms with E-state index in [9.17, 15) is 9.59 Å². The number of ether oxygens (including phenoxy) is 1. The number of amides is 2. The van der Waals surface area contributed by atoms with Crippen molar-refractivity contribution in [3.8, 4) is 10.6 Å². The van der Waals surface area contributed by atoms with E-state index < -0.39 is 0 Å². The molecule has 2 aromatic rings. The Hall–Kier alpha value is -2.48. The topological polar surface area (TPSA) is 84.4 Å². The third kappa shape index (κ3) is 4.54. The number of methoxy groups -OCH3 is 1. The largest absolute Gasteiger partial charge is 0.453 e. The van der Waals surface area contributed by atoms with Crippen molar-refractivity contribution in [3.63, 3.8) is 0 Å². The van der Waals surface area contributed by atoms with E-state index in [0.29, 0.717) is 13.1 Å². The Kier molecular flexibility index (Phi) is 5.60. The molecule has 0 aliphatic carbocycles. The van der Waals surface area contributed by atoms with Gasteiger partial charge in [0.05, 0.1) is 19.2 Å². The molecule has 2 amide bonds. The zero-order chi connectivity index (χ0) is 17.6. The molecule has 0 radical (unpaired) electrons. The van der Waals surface area contributed by atoms with Crippen LogP contribution in [0, 0.1) is 0 Å². The molecule has 1 aliphatic rings. The van der Waals surface area contributed by atoms with Crippen LogP contribution in [-0.4, -0.2) is 53.1 Å². The van der Waals surface area contributed by atoms with Gasteiger partial charge in [-0.1, -0.05) is 0 Å². The fraction of sp³-hybridized carbons (Fsp3) is 0.412. The summed E-state index contributed by atoms with van der Waals surface area (Å²) in [6.45, 7) is 1.19. The van der Waals surface area contributed by atoms with Gasteiger partial charge in [-0.3, -0.25) is 9.78 Å². The summed E-state index contributed by atoms with van der Waals surface area (Å²) >= 11 is 1.51. The number of nitrogens with one attached hydrogen (secondary N) is 1. The zero-order valence-electron chi connectivity index (χ0n) is 14.0. The van der Waals surface area contributed by atoms with Crippen molar-refractivity contribution >= 4 is 23.3 Å². The van der Waals surface area contributed by atoms with Crippen molar-refractivity contribution in [2.75, 3.05) is 20.2 Å². The molecule has 132 valence electrons. The van der Waals surface area contributed by atoms with Gasteiger partial charge < -0.3 is 15.0 Å². The summed E-state index contributed by atoms with van der Waals surface area (Å²) in [6, 6.07) is 3.90. The fourth-order valence-corrected chi connectivity index (χ4v) is 3.60. The maximum absolute atomic E-state index is 12.2. The van der Waals surface area contributed by atoms with Gasteiger partial charge in [0.15, 0.2) is 0 Å². The minimum Gasteiger partial charge on any atom is -0.453 e. The second-order valence-corrected chi connectivity index (χ2v) is 6.72. The van der Waals surface area contributed by atoms with Crippen LogP contribution in [0.15, 0.2) is 29.9 Å². The molecule has 7 nitrogen and oxygen atoms in total. The lowest BCUT2D eigenvalue weighted by molar-refractivity contribution is -0.121. The number of carbonyl (C=O) groups excluding carboxylic acids is 2. The highest BCUT2D eigenvalue weighted by Crippen LogP contribution is 2.22. The van der Waals surface area contributed by atoms with E-state index in [1.54, 1.807) is 17.3 Å². The van der Waals surface area contributed by atoms with E-state index in [1.165, 1.54) is 18.4 Å². The standard InChI is InChI=1S/C17H20N4O3S/c1-24-17(23)21-7-4-13(5-8-21)19-15(22)9-14-11-25-16(20-14)12-3-2-6-18-10-12/h2-3,6,10-11,13H,4-5,7-9H2,1H3,(H,19,22). The smallest absolute Gasteiger partial charge is 0.409 e. The summed E-state index contributed by atoms with van der Waals surface area (Å²) in [5.74, 6) is -0.0421. The summed E-state index contributed by atoms with van der Waals surface area (Å²) in [6.07, 6.45) is 4.90. The van der Waals surface area contributed by atoms with Crippen molar-refractivity contribution in [2.45, 2.75) is 25.3 Å². The summed E-state index contributed by atoms with van der Waals surface area (Å²) in [5, 5.41) is 5.80. The number of piperidine rings is 1. The van der Waals surface area contributed by atoms with Gasteiger partial charge in [-0.15, -0.1) is 11.3 Å². The van der Waals surface area contributed by atoms with Gasteiger partial charge >= 0.3 is 6.09 Å². The van der Waals surface area contributed by atoms with Crippen LogP contribution in [0.2, 0.25) is 0 Å². The molecule has 3 heterocycles. The molecule has 25 heavy (non-hydrogen) atoms. The fourth-order valence-electron chi connectivity index (χ4n) is 2.79. The minimum absolute atomic E-state index is 0.0421. The van der Waals surface area contributed by atoms with Gasteiger partial charge in [-0.2, -0.15) is 0 Å². The molecule has 1 aliphatic heterocycles. The number of aromatic nitrogens is 2. The highest BCUT2D eigenvalue weighted by molar-refractivity contribution is 7.13. The molecule has 1 N–H and O–H groups in total. The van der Waals surface area contributed by atoms with Crippen LogP contribution in [0.5, 0.6) is 0 Å². The number of carbonyl (C=O) groups is 2. The number of hydrogen-bond acceptors (Lipinski definition) is 6. The Morgan fingerprint density at radius 1 is 1.40 bits per heavy atom. The average Bonchev–Trinajstić information content (AvgIpc) is 3.10. The number of rotatable bonds is 4. The highest BCUT2D eigenvalue weighted by atomic mass is 32.1. The maximum atomic E-state index is 12.2. The lowest BCUT2D eigenvalue weighted by atomic mass is 10.1. The van der Waals surface area contributed by atoms with Crippen LogP contribution in [0.3, 0.4) is 0 Å². The molecule has 0 bridgehead atoms. The van der Waals surface area contributed by atoms with Crippen molar-refractivity contribution in [2.24, 2.45) is 0 Å². The van der Waals surface area contributed by atoms with Crippen molar-refractivity contribution in [3.05, 3.63) is 35.6 Å². The SMILES string of the molecule is COC(=O)N1CCC(NC(=O)Cc2csc(-c3cccnc3)n2)CC1. The first-order valence-corrected chi connectivity index (χ1v) is 9.00. The van der Waals surface area contributed by atoms with Gasteiger partial charge in [0.1, 0.15) is 5.01 Å². The van der Waals surface area contributed by atoms with Gasteiger partial charge in [0, 0.05) is 42.5 Å². The number of likely N-dealkylation sites (tertiary alicyclic amines) is 1. The van der Waals surface area contributed by atoms with Crippen LogP contribution in [-0.2, 0) is 16.0 Å².